The van der Waals surface area contributed by atoms with E-state index in [1.807, 2.05) is 0 Å². The molecule has 0 aromatic rings. The highest BCUT2D eigenvalue weighted by Crippen LogP contribution is 2.06. The van der Waals surface area contributed by atoms with Gasteiger partial charge in [0.2, 0.25) is 0 Å². The van der Waals surface area contributed by atoms with Crippen LogP contribution in [0.25, 0.3) is 0 Å². The van der Waals surface area contributed by atoms with Crippen LogP contribution in [0.2, 0.25) is 0 Å². The predicted octanol–water partition coefficient (Wildman–Crippen LogP) is 0.958. The summed E-state index contributed by atoms with van der Waals surface area (Å²) in [5.74, 6) is -0.777. The Hall–Kier alpha value is -1.22. The van der Waals surface area contributed by atoms with Gasteiger partial charge in [-0.1, -0.05) is 0 Å². The average molecular weight is 350 g/mol. The topological polar surface area (TPSA) is 89.5 Å². The standard InChI is InChI=1S/C16H30O8/c1-5-23-14(17)12-21-10-8-19-6-7-20-9-11-22-13-15(18)24-16(2,3)4/h5-13H2,1-4H3. The Balaban J connectivity index is 3.23. The van der Waals surface area contributed by atoms with Crippen molar-refractivity contribution in [1.29, 1.82) is 0 Å². The van der Waals surface area contributed by atoms with E-state index in [0.29, 0.717) is 46.2 Å². The maximum atomic E-state index is 11.3. The van der Waals surface area contributed by atoms with Crippen LogP contribution in [0.3, 0.4) is 0 Å². The fraction of sp³-hybridized carbons (Fsp3) is 0.875. The van der Waals surface area contributed by atoms with Crippen LogP contribution in [0.4, 0.5) is 0 Å². The molecular formula is C16H30O8. The number of carbonyl (C=O) groups excluding carboxylic acids is 2. The molecule has 0 saturated heterocycles. The third-order valence-corrected chi connectivity index (χ3v) is 2.28. The van der Waals surface area contributed by atoms with Gasteiger partial charge in [0.15, 0.2) is 0 Å². The van der Waals surface area contributed by atoms with Crippen molar-refractivity contribution in [3.63, 3.8) is 0 Å². The van der Waals surface area contributed by atoms with E-state index in [1.165, 1.54) is 0 Å². The van der Waals surface area contributed by atoms with Crippen LogP contribution in [0.15, 0.2) is 0 Å². The Morgan fingerprint density at radius 3 is 1.54 bits per heavy atom. The van der Waals surface area contributed by atoms with E-state index >= 15 is 0 Å². The second-order valence-corrected chi connectivity index (χ2v) is 5.72. The minimum absolute atomic E-state index is 0.0668. The molecule has 0 aliphatic rings. The number of ether oxygens (including phenoxy) is 6. The lowest BCUT2D eigenvalue weighted by molar-refractivity contribution is -0.160. The Kier molecular flexibility index (Phi) is 13.4. The van der Waals surface area contributed by atoms with Crippen molar-refractivity contribution < 1.29 is 38.0 Å². The van der Waals surface area contributed by atoms with Crippen LogP contribution >= 0.6 is 0 Å². The molecule has 0 aliphatic heterocycles. The Labute approximate surface area is 143 Å². The quantitative estimate of drug-likeness (QED) is 0.338. The molecule has 0 saturated carbocycles. The van der Waals surface area contributed by atoms with Gasteiger partial charge < -0.3 is 28.4 Å². The summed E-state index contributed by atoms with van der Waals surface area (Å²) in [5, 5.41) is 0. The van der Waals surface area contributed by atoms with E-state index in [4.69, 9.17) is 28.4 Å². The van der Waals surface area contributed by atoms with Gasteiger partial charge in [-0.25, -0.2) is 9.59 Å². The normalized spacial score (nSPS) is 11.3. The van der Waals surface area contributed by atoms with Gasteiger partial charge in [0.25, 0.3) is 0 Å². The molecule has 0 aromatic heterocycles. The van der Waals surface area contributed by atoms with Crippen LogP contribution in [-0.4, -0.2) is 77.0 Å². The van der Waals surface area contributed by atoms with Crippen LogP contribution in [-0.2, 0) is 38.0 Å². The third-order valence-electron chi connectivity index (χ3n) is 2.28. The molecule has 0 atom stereocenters. The van der Waals surface area contributed by atoms with E-state index in [0.717, 1.165) is 0 Å². The molecule has 8 heteroatoms. The predicted molar refractivity (Wildman–Crippen MR) is 85.8 cm³/mol. The molecular weight excluding hydrogens is 320 g/mol. The highest BCUT2D eigenvalue weighted by atomic mass is 16.6. The zero-order chi connectivity index (χ0) is 18.3. The zero-order valence-electron chi connectivity index (χ0n) is 15.1. The molecule has 0 rings (SSSR count). The van der Waals surface area contributed by atoms with E-state index in [1.54, 1.807) is 27.7 Å². The zero-order valence-corrected chi connectivity index (χ0v) is 15.1. The largest absolute Gasteiger partial charge is 0.464 e. The summed E-state index contributed by atoms with van der Waals surface area (Å²) in [7, 11) is 0. The van der Waals surface area contributed by atoms with Crippen molar-refractivity contribution in [2.45, 2.75) is 33.3 Å². The van der Waals surface area contributed by atoms with Gasteiger partial charge in [0.05, 0.1) is 46.2 Å². The fourth-order valence-corrected chi connectivity index (χ4v) is 1.44. The molecule has 0 bridgehead atoms. The van der Waals surface area contributed by atoms with Crippen LogP contribution < -0.4 is 0 Å². The molecule has 0 unspecified atom stereocenters. The first-order chi connectivity index (χ1) is 11.3. The number of hydrogen-bond acceptors (Lipinski definition) is 8. The van der Waals surface area contributed by atoms with E-state index in [-0.39, 0.29) is 19.2 Å². The Bertz CT molecular complexity index is 337. The lowest BCUT2D eigenvalue weighted by atomic mass is 10.2. The van der Waals surface area contributed by atoms with Crippen LogP contribution in [0, 0.1) is 0 Å². The van der Waals surface area contributed by atoms with E-state index < -0.39 is 11.6 Å². The molecule has 0 aromatic carbocycles. The summed E-state index contributed by atoms with van der Waals surface area (Å²) in [4.78, 5) is 22.3. The first kappa shape index (κ1) is 22.8. The monoisotopic (exact) mass is 350 g/mol. The highest BCUT2D eigenvalue weighted by Gasteiger charge is 2.15. The molecule has 0 heterocycles. The summed E-state index contributed by atoms with van der Waals surface area (Å²) in [6.07, 6.45) is 0. The molecule has 24 heavy (non-hydrogen) atoms. The lowest BCUT2D eigenvalue weighted by Gasteiger charge is -2.19. The minimum Gasteiger partial charge on any atom is -0.464 e. The molecule has 0 N–H and O–H groups in total. The number of hydrogen-bond donors (Lipinski definition) is 0. The average Bonchev–Trinajstić information content (AvgIpc) is 2.46. The van der Waals surface area contributed by atoms with Crippen molar-refractivity contribution in [2.24, 2.45) is 0 Å². The van der Waals surface area contributed by atoms with Gasteiger partial charge >= 0.3 is 11.9 Å². The first-order valence-corrected chi connectivity index (χ1v) is 8.03. The van der Waals surface area contributed by atoms with Crippen molar-refractivity contribution in [1.82, 2.24) is 0 Å². The smallest absolute Gasteiger partial charge is 0.332 e. The fourth-order valence-electron chi connectivity index (χ4n) is 1.44. The third kappa shape index (κ3) is 17.1. The first-order valence-electron chi connectivity index (χ1n) is 8.03. The Morgan fingerprint density at radius 2 is 1.12 bits per heavy atom. The van der Waals surface area contributed by atoms with Crippen LogP contribution in [0.5, 0.6) is 0 Å². The van der Waals surface area contributed by atoms with Crippen molar-refractivity contribution in [3.05, 3.63) is 0 Å². The molecule has 0 fully saturated rings. The number of rotatable bonds is 14. The summed E-state index contributed by atoms with van der Waals surface area (Å²) in [6.45, 7) is 9.52. The number of esters is 2. The molecule has 142 valence electrons. The molecule has 0 radical (unpaired) electrons. The van der Waals surface area contributed by atoms with Crippen molar-refractivity contribution in [2.75, 3.05) is 59.5 Å². The maximum Gasteiger partial charge on any atom is 0.332 e. The summed E-state index contributed by atoms with van der Waals surface area (Å²) in [6, 6.07) is 0. The molecule has 0 aliphatic carbocycles. The van der Waals surface area contributed by atoms with Gasteiger partial charge in [-0.05, 0) is 27.7 Å². The van der Waals surface area contributed by atoms with Gasteiger partial charge in [-0.2, -0.15) is 0 Å². The van der Waals surface area contributed by atoms with E-state index in [2.05, 4.69) is 0 Å². The summed E-state index contributed by atoms with van der Waals surface area (Å²) >= 11 is 0. The highest BCUT2D eigenvalue weighted by molar-refractivity contribution is 5.71. The summed E-state index contributed by atoms with van der Waals surface area (Å²) in [5.41, 5.74) is -0.506. The minimum atomic E-state index is -0.506. The second-order valence-electron chi connectivity index (χ2n) is 5.72. The van der Waals surface area contributed by atoms with Crippen molar-refractivity contribution >= 4 is 11.9 Å². The molecule has 8 nitrogen and oxygen atoms in total. The van der Waals surface area contributed by atoms with E-state index in [9.17, 15) is 9.59 Å². The van der Waals surface area contributed by atoms with Crippen molar-refractivity contribution in [3.8, 4) is 0 Å². The molecule has 0 amide bonds. The van der Waals surface area contributed by atoms with Gasteiger partial charge in [0.1, 0.15) is 18.8 Å². The Morgan fingerprint density at radius 1 is 0.708 bits per heavy atom. The van der Waals surface area contributed by atoms with Gasteiger partial charge in [-0.15, -0.1) is 0 Å². The van der Waals surface area contributed by atoms with Crippen LogP contribution in [0.1, 0.15) is 27.7 Å². The summed E-state index contributed by atoms with van der Waals surface area (Å²) < 4.78 is 30.5. The second kappa shape index (κ2) is 14.2. The van der Waals surface area contributed by atoms with Gasteiger partial charge in [-0.3, -0.25) is 0 Å². The lowest BCUT2D eigenvalue weighted by Crippen LogP contribution is -2.27. The SMILES string of the molecule is CCOC(=O)COCCOCCOCCOCC(=O)OC(C)(C)C. The maximum absolute atomic E-state index is 11.3. The number of carbonyl (C=O) groups is 2. The molecule has 0 spiro atoms. The van der Waals surface area contributed by atoms with Gasteiger partial charge in [0, 0.05) is 0 Å².